The van der Waals surface area contributed by atoms with Gasteiger partial charge in [-0.15, -0.1) is 0 Å². The lowest BCUT2D eigenvalue weighted by molar-refractivity contribution is 0.0698. The molecule has 1 aliphatic heterocycles. The Morgan fingerprint density at radius 2 is 1.84 bits per heavy atom. The molecule has 2 aromatic carbocycles. The number of aromatic nitrogens is 2. The molecule has 0 atom stereocenters. The number of nitrogens with zero attached hydrogens (tertiary/aromatic N) is 3. The van der Waals surface area contributed by atoms with Crippen molar-refractivity contribution in [2.75, 3.05) is 20.2 Å². The highest BCUT2D eigenvalue weighted by Crippen LogP contribution is 2.20. The molecule has 0 saturated carbocycles. The largest absolute Gasteiger partial charge is 0.497 e. The lowest BCUT2D eigenvalue weighted by Crippen LogP contribution is -2.46. The minimum atomic E-state index is -0.129. The Labute approximate surface area is 180 Å². The Balaban J connectivity index is 1.32. The number of nitrogens with one attached hydrogen (secondary N) is 1. The first-order valence-corrected chi connectivity index (χ1v) is 10.2. The van der Waals surface area contributed by atoms with Crippen LogP contribution in [-0.4, -0.2) is 53.1 Å². The van der Waals surface area contributed by atoms with Crippen LogP contribution in [0, 0.1) is 6.92 Å². The maximum atomic E-state index is 12.8. The minimum absolute atomic E-state index is 0.0224. The second-order valence-corrected chi connectivity index (χ2v) is 7.50. The third kappa shape index (κ3) is 4.74. The Morgan fingerprint density at radius 3 is 2.48 bits per heavy atom. The predicted octanol–water partition coefficient (Wildman–Crippen LogP) is 3.09. The van der Waals surface area contributed by atoms with E-state index in [1.807, 2.05) is 4.90 Å². The number of methoxy groups -OCH3 is 1. The average molecular weight is 420 g/mol. The zero-order chi connectivity index (χ0) is 21.8. The van der Waals surface area contributed by atoms with E-state index in [0.29, 0.717) is 54.5 Å². The second kappa shape index (κ2) is 8.99. The topological polar surface area (TPSA) is 97.6 Å². The third-order valence-corrected chi connectivity index (χ3v) is 5.36. The van der Waals surface area contributed by atoms with E-state index in [-0.39, 0.29) is 17.9 Å². The summed E-state index contributed by atoms with van der Waals surface area (Å²) in [5.41, 5.74) is 1.95. The molecular formula is C23H24N4O4. The van der Waals surface area contributed by atoms with Crippen molar-refractivity contribution in [2.45, 2.75) is 25.8 Å². The van der Waals surface area contributed by atoms with Crippen LogP contribution in [0.25, 0.3) is 11.5 Å². The van der Waals surface area contributed by atoms with Crippen LogP contribution in [0.4, 0.5) is 0 Å². The van der Waals surface area contributed by atoms with Gasteiger partial charge in [0.05, 0.1) is 7.11 Å². The molecule has 2 amide bonds. The van der Waals surface area contributed by atoms with Crippen LogP contribution >= 0.6 is 0 Å². The number of hydrogen-bond acceptors (Lipinski definition) is 6. The number of aryl methyl sites for hydroxylation is 1. The van der Waals surface area contributed by atoms with Crippen molar-refractivity contribution in [2.24, 2.45) is 0 Å². The molecule has 1 saturated heterocycles. The minimum Gasteiger partial charge on any atom is -0.497 e. The Morgan fingerprint density at radius 1 is 1.10 bits per heavy atom. The van der Waals surface area contributed by atoms with Crippen molar-refractivity contribution in [3.8, 4) is 17.2 Å². The smallest absolute Gasteiger partial charge is 0.257 e. The molecule has 0 radical (unpaired) electrons. The summed E-state index contributed by atoms with van der Waals surface area (Å²) in [5.74, 6) is 1.50. The van der Waals surface area contributed by atoms with Gasteiger partial charge in [0.25, 0.3) is 17.7 Å². The second-order valence-electron chi connectivity index (χ2n) is 7.50. The lowest BCUT2D eigenvalue weighted by atomic mass is 10.0. The van der Waals surface area contributed by atoms with Crippen molar-refractivity contribution >= 4 is 11.8 Å². The Hall–Kier alpha value is -3.68. The lowest BCUT2D eigenvalue weighted by Gasteiger charge is -2.32. The Kier molecular flexibility index (Phi) is 5.97. The number of hydrogen-bond donors (Lipinski definition) is 1. The van der Waals surface area contributed by atoms with Gasteiger partial charge in [-0.25, -0.2) is 0 Å². The number of likely N-dealkylation sites (tertiary alicyclic amines) is 1. The van der Waals surface area contributed by atoms with E-state index in [0.717, 1.165) is 5.56 Å². The summed E-state index contributed by atoms with van der Waals surface area (Å²) < 4.78 is 10.3. The highest BCUT2D eigenvalue weighted by molar-refractivity contribution is 5.95. The quantitative estimate of drug-likeness (QED) is 0.681. The van der Waals surface area contributed by atoms with E-state index in [9.17, 15) is 9.59 Å². The zero-order valence-corrected chi connectivity index (χ0v) is 17.5. The average Bonchev–Trinajstić information content (AvgIpc) is 3.25. The molecule has 4 rings (SSSR count). The van der Waals surface area contributed by atoms with E-state index in [4.69, 9.17) is 9.26 Å². The van der Waals surface area contributed by atoms with E-state index < -0.39 is 0 Å². The van der Waals surface area contributed by atoms with Crippen molar-refractivity contribution in [1.82, 2.24) is 20.4 Å². The van der Waals surface area contributed by atoms with Crippen molar-refractivity contribution in [3.63, 3.8) is 0 Å². The number of rotatable bonds is 5. The van der Waals surface area contributed by atoms with Crippen molar-refractivity contribution in [3.05, 3.63) is 65.5 Å². The van der Waals surface area contributed by atoms with Gasteiger partial charge in [0.2, 0.25) is 0 Å². The molecule has 8 nitrogen and oxygen atoms in total. The van der Waals surface area contributed by atoms with Crippen LogP contribution in [0.1, 0.15) is 39.4 Å². The molecule has 2 heterocycles. The van der Waals surface area contributed by atoms with Crippen LogP contribution in [-0.2, 0) is 0 Å². The summed E-state index contributed by atoms with van der Waals surface area (Å²) in [4.78, 5) is 31.4. The predicted molar refractivity (Wildman–Crippen MR) is 114 cm³/mol. The van der Waals surface area contributed by atoms with E-state index in [1.165, 1.54) is 0 Å². The SMILES string of the molecule is COc1cccc(C(=O)NC2CCN(C(=O)c3ccc(-c4nc(C)no4)cc3)CC2)c1. The summed E-state index contributed by atoms with van der Waals surface area (Å²) in [7, 11) is 1.57. The van der Waals surface area contributed by atoms with E-state index in [2.05, 4.69) is 15.5 Å². The summed E-state index contributed by atoms with van der Waals surface area (Å²) in [5, 5.41) is 6.84. The molecule has 1 aromatic heterocycles. The molecule has 0 unspecified atom stereocenters. The Bertz CT molecular complexity index is 1070. The number of carbonyl (C=O) groups excluding carboxylic acids is 2. The first-order chi connectivity index (χ1) is 15.0. The molecule has 160 valence electrons. The van der Waals surface area contributed by atoms with Gasteiger partial charge in [0, 0.05) is 35.8 Å². The van der Waals surface area contributed by atoms with Crippen molar-refractivity contribution in [1.29, 1.82) is 0 Å². The van der Waals surface area contributed by atoms with Crippen molar-refractivity contribution < 1.29 is 18.8 Å². The summed E-state index contributed by atoms with van der Waals surface area (Å²) in [6, 6.07) is 14.3. The normalized spacial score (nSPS) is 14.3. The molecule has 8 heteroatoms. The first kappa shape index (κ1) is 20.6. The highest BCUT2D eigenvalue weighted by Gasteiger charge is 2.25. The molecule has 0 bridgehead atoms. The summed E-state index contributed by atoms with van der Waals surface area (Å²) in [6.45, 7) is 2.94. The fourth-order valence-corrected chi connectivity index (χ4v) is 3.61. The fraction of sp³-hybridized carbons (Fsp3) is 0.304. The molecule has 1 aliphatic rings. The molecule has 1 N–H and O–H groups in total. The van der Waals surface area contributed by atoms with Gasteiger partial charge < -0.3 is 19.5 Å². The first-order valence-electron chi connectivity index (χ1n) is 10.2. The maximum absolute atomic E-state index is 12.8. The molecule has 0 spiro atoms. The molecule has 3 aromatic rings. The number of benzene rings is 2. The fourth-order valence-electron chi connectivity index (χ4n) is 3.61. The highest BCUT2D eigenvalue weighted by atomic mass is 16.5. The third-order valence-electron chi connectivity index (χ3n) is 5.36. The van der Waals surface area contributed by atoms with E-state index >= 15 is 0 Å². The van der Waals surface area contributed by atoms with Gasteiger partial charge in [0.15, 0.2) is 5.82 Å². The van der Waals surface area contributed by atoms with Crippen LogP contribution in [0.3, 0.4) is 0 Å². The van der Waals surface area contributed by atoms with Gasteiger partial charge in [0.1, 0.15) is 5.75 Å². The van der Waals surface area contributed by atoms with Crippen LogP contribution in [0.2, 0.25) is 0 Å². The number of carbonyl (C=O) groups is 2. The number of ether oxygens (including phenoxy) is 1. The van der Waals surface area contributed by atoms with Crippen LogP contribution in [0.15, 0.2) is 53.1 Å². The van der Waals surface area contributed by atoms with Gasteiger partial charge >= 0.3 is 0 Å². The van der Waals surface area contributed by atoms with Gasteiger partial charge in [-0.3, -0.25) is 9.59 Å². The standard InChI is InChI=1S/C23H24N4O4/c1-15-24-22(31-26-15)16-6-8-17(9-7-16)23(29)27-12-10-19(11-13-27)25-21(28)18-4-3-5-20(14-18)30-2/h3-9,14,19H,10-13H2,1-2H3,(H,25,28). The monoisotopic (exact) mass is 420 g/mol. The van der Waals surface area contributed by atoms with Gasteiger partial charge in [-0.1, -0.05) is 11.2 Å². The van der Waals surface area contributed by atoms with Gasteiger partial charge in [-0.05, 0) is 62.2 Å². The van der Waals surface area contributed by atoms with Crippen LogP contribution < -0.4 is 10.1 Å². The van der Waals surface area contributed by atoms with Crippen LogP contribution in [0.5, 0.6) is 5.75 Å². The summed E-state index contributed by atoms with van der Waals surface area (Å²) in [6.07, 6.45) is 1.42. The number of amides is 2. The molecular weight excluding hydrogens is 396 g/mol. The number of piperidine rings is 1. The maximum Gasteiger partial charge on any atom is 0.257 e. The van der Waals surface area contributed by atoms with E-state index in [1.54, 1.807) is 62.6 Å². The molecule has 31 heavy (non-hydrogen) atoms. The molecule has 1 fully saturated rings. The van der Waals surface area contributed by atoms with Gasteiger partial charge in [-0.2, -0.15) is 4.98 Å². The molecule has 0 aliphatic carbocycles. The summed E-state index contributed by atoms with van der Waals surface area (Å²) >= 11 is 0. The zero-order valence-electron chi connectivity index (χ0n) is 17.5.